The first-order valence-electron chi connectivity index (χ1n) is 8.05. The number of benzene rings is 1. The molecule has 2 fully saturated rings. The lowest BCUT2D eigenvalue weighted by atomic mass is 9.97. The van der Waals surface area contributed by atoms with Gasteiger partial charge in [-0.25, -0.2) is 0 Å². The summed E-state index contributed by atoms with van der Waals surface area (Å²) in [6, 6.07) is 8.28. The Bertz CT molecular complexity index is 495. The van der Waals surface area contributed by atoms with Crippen LogP contribution in [0.4, 0.5) is 11.4 Å². The van der Waals surface area contributed by atoms with Crippen molar-refractivity contribution in [3.05, 3.63) is 24.3 Å². The maximum atomic E-state index is 11.8. The first-order valence-corrected chi connectivity index (χ1v) is 8.05. The quantitative estimate of drug-likeness (QED) is 0.924. The van der Waals surface area contributed by atoms with Crippen LogP contribution in [0.3, 0.4) is 0 Å². The van der Waals surface area contributed by atoms with Gasteiger partial charge >= 0.3 is 0 Å². The molecule has 2 aliphatic heterocycles. The summed E-state index contributed by atoms with van der Waals surface area (Å²) in [6.07, 6.45) is 4.21. The molecule has 4 heteroatoms. The molecular formula is C17H25N3O. The van der Waals surface area contributed by atoms with Gasteiger partial charge in [0.25, 0.3) is 0 Å². The van der Waals surface area contributed by atoms with Gasteiger partial charge in [0.05, 0.1) is 0 Å². The predicted octanol–water partition coefficient (Wildman–Crippen LogP) is 2.57. The lowest BCUT2D eigenvalue weighted by Gasteiger charge is -2.29. The van der Waals surface area contributed by atoms with Gasteiger partial charge in [0.15, 0.2) is 0 Å². The second kappa shape index (κ2) is 6.48. The summed E-state index contributed by atoms with van der Waals surface area (Å²) in [4.78, 5) is 16.1. The molecule has 0 atom stereocenters. The number of anilines is 2. The Morgan fingerprint density at radius 3 is 2.76 bits per heavy atom. The summed E-state index contributed by atoms with van der Waals surface area (Å²) in [7, 11) is 2.19. The third-order valence-electron chi connectivity index (χ3n) is 4.66. The van der Waals surface area contributed by atoms with E-state index in [1.54, 1.807) is 0 Å². The molecule has 4 nitrogen and oxygen atoms in total. The lowest BCUT2D eigenvalue weighted by molar-refractivity contribution is -0.117. The minimum atomic E-state index is 0.252. The summed E-state index contributed by atoms with van der Waals surface area (Å²) in [6.45, 7) is 4.30. The number of piperidine rings is 1. The second-order valence-electron chi connectivity index (χ2n) is 6.33. The normalized spacial score (nSPS) is 21.0. The minimum Gasteiger partial charge on any atom is -0.385 e. The number of rotatable bonds is 4. The molecule has 1 aromatic rings. The van der Waals surface area contributed by atoms with Gasteiger partial charge in [0.1, 0.15) is 0 Å². The van der Waals surface area contributed by atoms with Crippen LogP contribution in [0, 0.1) is 5.92 Å². The van der Waals surface area contributed by atoms with E-state index in [-0.39, 0.29) is 5.91 Å². The van der Waals surface area contributed by atoms with E-state index in [0.717, 1.165) is 36.8 Å². The number of hydrogen-bond donors (Lipinski definition) is 1. The molecule has 2 saturated heterocycles. The van der Waals surface area contributed by atoms with Gasteiger partial charge in [-0.3, -0.25) is 4.79 Å². The highest BCUT2D eigenvalue weighted by atomic mass is 16.2. The zero-order valence-corrected chi connectivity index (χ0v) is 12.8. The molecule has 0 radical (unpaired) electrons. The van der Waals surface area contributed by atoms with Gasteiger partial charge in [0.2, 0.25) is 5.91 Å². The van der Waals surface area contributed by atoms with Crippen LogP contribution in [-0.4, -0.2) is 44.0 Å². The van der Waals surface area contributed by atoms with Crippen molar-refractivity contribution in [3.8, 4) is 0 Å². The molecule has 1 amide bonds. The van der Waals surface area contributed by atoms with E-state index < -0.39 is 0 Å². The lowest BCUT2D eigenvalue weighted by Crippen LogP contribution is -2.33. The molecule has 3 rings (SSSR count). The molecule has 0 spiro atoms. The summed E-state index contributed by atoms with van der Waals surface area (Å²) >= 11 is 0. The van der Waals surface area contributed by atoms with Crippen molar-refractivity contribution in [1.82, 2.24) is 4.90 Å². The Balaban J connectivity index is 1.57. The SMILES string of the molecule is CN1CCC(CNc2cccc(N3CCCC3=O)c2)CC1. The number of nitrogens with zero attached hydrogens (tertiary/aromatic N) is 2. The van der Waals surface area contributed by atoms with Crippen molar-refractivity contribution in [2.75, 3.05) is 43.4 Å². The number of amides is 1. The van der Waals surface area contributed by atoms with E-state index in [1.165, 1.54) is 25.9 Å². The molecule has 1 aromatic carbocycles. The molecule has 21 heavy (non-hydrogen) atoms. The van der Waals surface area contributed by atoms with E-state index in [1.807, 2.05) is 17.0 Å². The van der Waals surface area contributed by atoms with E-state index >= 15 is 0 Å². The zero-order valence-electron chi connectivity index (χ0n) is 12.8. The standard InChI is InChI=1S/C17H25N3O/c1-19-10-7-14(8-11-19)13-18-15-4-2-5-16(12-15)20-9-3-6-17(20)21/h2,4-5,12,14,18H,3,6-11,13H2,1H3. The Labute approximate surface area is 127 Å². The van der Waals surface area contributed by atoms with Crippen LogP contribution in [-0.2, 0) is 4.79 Å². The van der Waals surface area contributed by atoms with Crippen molar-refractivity contribution in [2.24, 2.45) is 5.92 Å². The monoisotopic (exact) mass is 287 g/mol. The van der Waals surface area contributed by atoms with Gasteiger partial charge in [-0.05, 0) is 63.5 Å². The van der Waals surface area contributed by atoms with Gasteiger partial charge in [0, 0.05) is 30.9 Å². The van der Waals surface area contributed by atoms with Crippen molar-refractivity contribution in [2.45, 2.75) is 25.7 Å². The van der Waals surface area contributed by atoms with Crippen LogP contribution in [0.5, 0.6) is 0 Å². The Hall–Kier alpha value is -1.55. The predicted molar refractivity (Wildman–Crippen MR) is 86.7 cm³/mol. The molecule has 0 bridgehead atoms. The van der Waals surface area contributed by atoms with E-state index in [4.69, 9.17) is 0 Å². The maximum Gasteiger partial charge on any atom is 0.227 e. The van der Waals surface area contributed by atoms with Gasteiger partial charge in [-0.2, -0.15) is 0 Å². The van der Waals surface area contributed by atoms with Gasteiger partial charge in [-0.1, -0.05) is 6.07 Å². The second-order valence-corrected chi connectivity index (χ2v) is 6.33. The smallest absolute Gasteiger partial charge is 0.227 e. The average molecular weight is 287 g/mol. The maximum absolute atomic E-state index is 11.8. The summed E-state index contributed by atoms with van der Waals surface area (Å²) in [5, 5.41) is 3.55. The fraction of sp³-hybridized carbons (Fsp3) is 0.588. The summed E-state index contributed by atoms with van der Waals surface area (Å²) in [5.74, 6) is 1.01. The van der Waals surface area contributed by atoms with E-state index in [9.17, 15) is 4.79 Å². The third-order valence-corrected chi connectivity index (χ3v) is 4.66. The average Bonchev–Trinajstić information content (AvgIpc) is 2.93. The fourth-order valence-electron chi connectivity index (χ4n) is 3.23. The molecular weight excluding hydrogens is 262 g/mol. The molecule has 0 aromatic heterocycles. The number of likely N-dealkylation sites (tertiary alicyclic amines) is 1. The van der Waals surface area contributed by atoms with Crippen molar-refractivity contribution in [1.29, 1.82) is 0 Å². The van der Waals surface area contributed by atoms with Crippen molar-refractivity contribution >= 4 is 17.3 Å². The van der Waals surface area contributed by atoms with Gasteiger partial charge in [-0.15, -0.1) is 0 Å². The molecule has 0 saturated carbocycles. The molecule has 2 aliphatic rings. The number of carbonyl (C=O) groups excluding carboxylic acids is 1. The highest BCUT2D eigenvalue weighted by Gasteiger charge is 2.22. The van der Waals surface area contributed by atoms with Crippen LogP contribution in [0.25, 0.3) is 0 Å². The summed E-state index contributed by atoms with van der Waals surface area (Å²) in [5.41, 5.74) is 2.16. The van der Waals surface area contributed by atoms with Crippen molar-refractivity contribution < 1.29 is 4.79 Å². The van der Waals surface area contributed by atoms with Crippen molar-refractivity contribution in [3.63, 3.8) is 0 Å². The Morgan fingerprint density at radius 2 is 2.05 bits per heavy atom. The molecule has 0 aliphatic carbocycles. The van der Waals surface area contributed by atoms with Crippen LogP contribution >= 0.6 is 0 Å². The number of hydrogen-bond acceptors (Lipinski definition) is 3. The Morgan fingerprint density at radius 1 is 1.24 bits per heavy atom. The highest BCUT2D eigenvalue weighted by Crippen LogP contribution is 2.25. The molecule has 1 N–H and O–H groups in total. The third kappa shape index (κ3) is 3.56. The molecule has 114 valence electrons. The number of carbonyl (C=O) groups is 1. The topological polar surface area (TPSA) is 35.6 Å². The van der Waals surface area contributed by atoms with Crippen LogP contribution in [0.2, 0.25) is 0 Å². The highest BCUT2D eigenvalue weighted by molar-refractivity contribution is 5.95. The van der Waals surface area contributed by atoms with Crippen LogP contribution in [0.1, 0.15) is 25.7 Å². The van der Waals surface area contributed by atoms with Gasteiger partial charge < -0.3 is 15.1 Å². The van der Waals surface area contributed by atoms with E-state index in [0.29, 0.717) is 6.42 Å². The molecule has 2 heterocycles. The Kier molecular flexibility index (Phi) is 4.44. The minimum absolute atomic E-state index is 0.252. The van der Waals surface area contributed by atoms with Crippen LogP contribution in [0.15, 0.2) is 24.3 Å². The first kappa shape index (κ1) is 14.4. The number of nitrogens with one attached hydrogen (secondary N) is 1. The largest absolute Gasteiger partial charge is 0.385 e. The molecule has 0 unspecified atom stereocenters. The van der Waals surface area contributed by atoms with E-state index in [2.05, 4.69) is 29.4 Å². The van der Waals surface area contributed by atoms with Crippen LogP contribution < -0.4 is 10.2 Å². The fourth-order valence-corrected chi connectivity index (χ4v) is 3.23. The zero-order chi connectivity index (χ0) is 14.7. The first-order chi connectivity index (χ1) is 10.2. The summed E-state index contributed by atoms with van der Waals surface area (Å²) < 4.78 is 0.